The third-order valence-corrected chi connectivity index (χ3v) is 2.52. The first-order valence-corrected chi connectivity index (χ1v) is 4.98. The second-order valence-corrected chi connectivity index (χ2v) is 3.41. The molecule has 1 aromatic heterocycles. The van der Waals surface area contributed by atoms with E-state index in [9.17, 15) is 4.79 Å². The lowest BCUT2D eigenvalue weighted by molar-refractivity contribution is -0.121. The highest BCUT2D eigenvalue weighted by Gasteiger charge is 2.29. The maximum Gasteiger partial charge on any atom is 0.245 e. The van der Waals surface area contributed by atoms with Crippen LogP contribution in [0.5, 0.6) is 0 Å². The Hall–Kier alpha value is -1.49. The highest BCUT2D eigenvalue weighted by Crippen LogP contribution is 2.13. The van der Waals surface area contributed by atoms with Crippen molar-refractivity contribution in [2.75, 3.05) is 5.32 Å². The molecule has 0 fully saturated rings. The van der Waals surface area contributed by atoms with E-state index in [1.54, 1.807) is 6.20 Å². The molecule has 0 radical (unpaired) electrons. The van der Waals surface area contributed by atoms with Crippen LogP contribution >= 0.6 is 0 Å². The van der Waals surface area contributed by atoms with Crippen LogP contribution in [0, 0.1) is 0 Å². The Kier molecular flexibility index (Phi) is 3.74. The Labute approximate surface area is 89.1 Å². The number of carbonyl (C=O) groups excluding carboxylic acids is 1. The molecule has 0 unspecified atom stereocenters. The summed E-state index contributed by atoms with van der Waals surface area (Å²) in [5, 5.41) is 2.65. The maximum atomic E-state index is 11.8. The predicted molar refractivity (Wildman–Crippen MR) is 58.2 cm³/mol. The van der Waals surface area contributed by atoms with E-state index in [0.717, 1.165) is 0 Å². The van der Waals surface area contributed by atoms with Crippen molar-refractivity contribution in [3.8, 4) is 0 Å². The van der Waals surface area contributed by atoms with Crippen LogP contribution in [0.2, 0.25) is 0 Å². The van der Waals surface area contributed by atoms with Gasteiger partial charge in [0, 0.05) is 12.4 Å². The Morgan fingerprint density at radius 2 is 2.13 bits per heavy atom. The van der Waals surface area contributed by atoms with E-state index in [2.05, 4.69) is 15.3 Å². The summed E-state index contributed by atoms with van der Waals surface area (Å²) in [5.74, 6) is 0.215. The number of hydrogen-bond donors (Lipinski definition) is 2. The van der Waals surface area contributed by atoms with Crippen LogP contribution < -0.4 is 11.1 Å². The molecule has 82 valence electrons. The Balaban J connectivity index is 2.71. The first kappa shape index (κ1) is 11.6. The molecule has 5 nitrogen and oxygen atoms in total. The van der Waals surface area contributed by atoms with Gasteiger partial charge in [-0.2, -0.15) is 0 Å². The summed E-state index contributed by atoms with van der Waals surface area (Å²) < 4.78 is 0. The summed E-state index contributed by atoms with van der Waals surface area (Å²) in [6.45, 7) is 3.78. The van der Waals surface area contributed by atoms with E-state index in [4.69, 9.17) is 5.73 Å². The van der Waals surface area contributed by atoms with Crippen molar-refractivity contribution in [2.24, 2.45) is 5.73 Å². The summed E-state index contributed by atoms with van der Waals surface area (Å²) in [4.78, 5) is 19.6. The van der Waals surface area contributed by atoms with Crippen LogP contribution in [0.4, 0.5) is 5.82 Å². The van der Waals surface area contributed by atoms with Crippen molar-refractivity contribution in [2.45, 2.75) is 32.2 Å². The summed E-state index contributed by atoms with van der Waals surface area (Å²) in [6.07, 6.45) is 5.74. The van der Waals surface area contributed by atoms with Gasteiger partial charge in [-0.1, -0.05) is 13.8 Å². The Morgan fingerprint density at radius 3 is 2.60 bits per heavy atom. The highest BCUT2D eigenvalue weighted by atomic mass is 16.2. The second kappa shape index (κ2) is 4.84. The monoisotopic (exact) mass is 208 g/mol. The van der Waals surface area contributed by atoms with Crippen LogP contribution in [0.1, 0.15) is 26.7 Å². The molecule has 3 N–H and O–H groups in total. The van der Waals surface area contributed by atoms with Crippen LogP contribution in [0.15, 0.2) is 18.6 Å². The fraction of sp³-hybridized carbons (Fsp3) is 0.500. The third kappa shape index (κ3) is 2.73. The molecule has 5 heteroatoms. The number of nitrogens with zero attached hydrogens (tertiary/aromatic N) is 2. The van der Waals surface area contributed by atoms with E-state index in [0.29, 0.717) is 18.7 Å². The standard InChI is InChI=1S/C10H16N4O/c1-3-10(11,4-2)9(15)14-8-7-12-5-6-13-8/h5-7H,3-4,11H2,1-2H3,(H,13,14,15). The van der Waals surface area contributed by atoms with Crippen molar-refractivity contribution in [3.63, 3.8) is 0 Å². The third-order valence-electron chi connectivity index (χ3n) is 2.52. The molecule has 0 atom stereocenters. The molecule has 0 spiro atoms. The largest absolute Gasteiger partial charge is 0.317 e. The molecule has 1 rings (SSSR count). The minimum atomic E-state index is -0.822. The molecule has 0 aliphatic heterocycles. The summed E-state index contributed by atoms with van der Waals surface area (Å²) >= 11 is 0. The van der Waals surface area contributed by atoms with E-state index in [1.165, 1.54) is 12.4 Å². The smallest absolute Gasteiger partial charge is 0.245 e. The topological polar surface area (TPSA) is 80.9 Å². The minimum Gasteiger partial charge on any atom is -0.317 e. The lowest BCUT2D eigenvalue weighted by atomic mass is 9.93. The molecule has 0 bridgehead atoms. The van der Waals surface area contributed by atoms with Gasteiger partial charge in [0.05, 0.1) is 11.7 Å². The normalized spacial score (nSPS) is 11.1. The van der Waals surface area contributed by atoms with Gasteiger partial charge in [0.1, 0.15) is 0 Å². The number of amides is 1. The zero-order valence-corrected chi connectivity index (χ0v) is 9.03. The van der Waals surface area contributed by atoms with Gasteiger partial charge in [-0.15, -0.1) is 0 Å². The number of aromatic nitrogens is 2. The fourth-order valence-electron chi connectivity index (χ4n) is 1.18. The zero-order valence-electron chi connectivity index (χ0n) is 9.03. The molecule has 0 aliphatic rings. The number of anilines is 1. The van der Waals surface area contributed by atoms with Crippen molar-refractivity contribution in [1.29, 1.82) is 0 Å². The average Bonchev–Trinajstić information content (AvgIpc) is 2.29. The lowest BCUT2D eigenvalue weighted by Crippen LogP contribution is -2.50. The summed E-state index contributed by atoms with van der Waals surface area (Å²) in [7, 11) is 0. The maximum absolute atomic E-state index is 11.8. The van der Waals surface area contributed by atoms with E-state index in [1.807, 2.05) is 13.8 Å². The molecular formula is C10H16N4O. The van der Waals surface area contributed by atoms with Crippen LogP contribution in [-0.2, 0) is 4.79 Å². The SMILES string of the molecule is CCC(N)(CC)C(=O)Nc1cnccn1. The number of rotatable bonds is 4. The fourth-order valence-corrected chi connectivity index (χ4v) is 1.18. The highest BCUT2D eigenvalue weighted by molar-refractivity contribution is 5.97. The van der Waals surface area contributed by atoms with Gasteiger partial charge in [-0.25, -0.2) is 4.98 Å². The molecule has 0 saturated heterocycles. The van der Waals surface area contributed by atoms with Crippen molar-refractivity contribution in [1.82, 2.24) is 9.97 Å². The molecule has 1 aromatic rings. The van der Waals surface area contributed by atoms with Crippen molar-refractivity contribution in [3.05, 3.63) is 18.6 Å². The van der Waals surface area contributed by atoms with Gasteiger partial charge in [0.2, 0.25) is 5.91 Å². The number of nitrogens with one attached hydrogen (secondary N) is 1. The van der Waals surface area contributed by atoms with Gasteiger partial charge in [-0.3, -0.25) is 9.78 Å². The second-order valence-electron chi connectivity index (χ2n) is 3.41. The van der Waals surface area contributed by atoms with Gasteiger partial charge in [-0.05, 0) is 12.8 Å². The first-order chi connectivity index (χ1) is 7.12. The van der Waals surface area contributed by atoms with E-state index in [-0.39, 0.29) is 5.91 Å². The molecule has 1 amide bonds. The zero-order chi connectivity index (χ0) is 11.3. The molecule has 0 aromatic carbocycles. The molecule has 0 saturated carbocycles. The Bertz CT molecular complexity index is 321. The van der Waals surface area contributed by atoms with Gasteiger partial charge >= 0.3 is 0 Å². The molecule has 1 heterocycles. The van der Waals surface area contributed by atoms with E-state index < -0.39 is 5.54 Å². The predicted octanol–water partition coefficient (Wildman–Crippen LogP) is 0.933. The van der Waals surface area contributed by atoms with Gasteiger partial charge < -0.3 is 11.1 Å². The summed E-state index contributed by atoms with van der Waals surface area (Å²) in [6, 6.07) is 0. The average molecular weight is 208 g/mol. The first-order valence-electron chi connectivity index (χ1n) is 4.98. The molecule has 15 heavy (non-hydrogen) atoms. The van der Waals surface area contributed by atoms with Gasteiger partial charge in [0.15, 0.2) is 5.82 Å². The molecular weight excluding hydrogens is 192 g/mol. The van der Waals surface area contributed by atoms with Gasteiger partial charge in [0.25, 0.3) is 0 Å². The minimum absolute atomic E-state index is 0.215. The number of hydrogen-bond acceptors (Lipinski definition) is 4. The van der Waals surface area contributed by atoms with Crippen LogP contribution in [0.25, 0.3) is 0 Å². The van der Waals surface area contributed by atoms with Crippen LogP contribution in [0.3, 0.4) is 0 Å². The van der Waals surface area contributed by atoms with Crippen molar-refractivity contribution < 1.29 is 4.79 Å². The molecule has 0 aliphatic carbocycles. The van der Waals surface area contributed by atoms with Crippen LogP contribution in [-0.4, -0.2) is 21.4 Å². The van der Waals surface area contributed by atoms with E-state index >= 15 is 0 Å². The van der Waals surface area contributed by atoms with Crippen molar-refractivity contribution >= 4 is 11.7 Å². The number of nitrogens with two attached hydrogens (primary N) is 1. The lowest BCUT2D eigenvalue weighted by Gasteiger charge is -2.24. The summed E-state index contributed by atoms with van der Waals surface area (Å²) in [5.41, 5.74) is 5.11. The quantitative estimate of drug-likeness (QED) is 0.771. The Morgan fingerprint density at radius 1 is 1.47 bits per heavy atom. The number of carbonyl (C=O) groups is 1.